The Hall–Kier alpha value is -2.03. The number of ether oxygens (including phenoxy) is 6. The van der Waals surface area contributed by atoms with E-state index in [9.17, 15) is 4.79 Å². The Kier molecular flexibility index (Phi) is 9.04. The van der Waals surface area contributed by atoms with Crippen molar-refractivity contribution in [2.45, 2.75) is 49.8 Å². The molecule has 7 nitrogen and oxygen atoms in total. The molecule has 2 heterocycles. The van der Waals surface area contributed by atoms with E-state index in [0.29, 0.717) is 19.3 Å². The van der Waals surface area contributed by atoms with Crippen LogP contribution in [0.4, 0.5) is 0 Å². The summed E-state index contributed by atoms with van der Waals surface area (Å²) in [6.07, 6.45) is 7.86. The zero-order chi connectivity index (χ0) is 21.2. The van der Waals surface area contributed by atoms with E-state index in [1.165, 1.54) is 6.08 Å². The van der Waals surface area contributed by atoms with E-state index in [2.05, 4.69) is 0 Å². The number of methoxy groups -OCH3 is 2. The molecule has 1 fully saturated rings. The van der Waals surface area contributed by atoms with Crippen molar-refractivity contribution in [1.82, 2.24) is 0 Å². The fraction of sp³-hybridized carbons (Fsp3) is 0.522. The van der Waals surface area contributed by atoms with Crippen molar-refractivity contribution in [3.05, 3.63) is 54.1 Å². The molecule has 3 rings (SSSR count). The van der Waals surface area contributed by atoms with Crippen molar-refractivity contribution < 1.29 is 33.2 Å². The first-order valence-electron chi connectivity index (χ1n) is 10.2. The van der Waals surface area contributed by atoms with Crippen LogP contribution in [0.3, 0.4) is 0 Å². The van der Waals surface area contributed by atoms with Gasteiger partial charge < -0.3 is 28.4 Å². The van der Waals surface area contributed by atoms with Gasteiger partial charge in [0.1, 0.15) is 31.9 Å². The van der Waals surface area contributed by atoms with E-state index < -0.39 is 0 Å². The van der Waals surface area contributed by atoms with Crippen LogP contribution in [0.2, 0.25) is 0 Å². The Morgan fingerprint density at radius 1 is 1.07 bits per heavy atom. The van der Waals surface area contributed by atoms with E-state index in [4.69, 9.17) is 28.4 Å². The Morgan fingerprint density at radius 2 is 1.83 bits per heavy atom. The van der Waals surface area contributed by atoms with Crippen LogP contribution < -0.4 is 0 Å². The van der Waals surface area contributed by atoms with Gasteiger partial charge in [0.15, 0.2) is 0 Å². The molecule has 0 amide bonds. The van der Waals surface area contributed by atoms with Crippen molar-refractivity contribution >= 4 is 12.0 Å². The second-order valence-corrected chi connectivity index (χ2v) is 7.31. The first kappa shape index (κ1) is 22.7. The first-order valence-corrected chi connectivity index (χ1v) is 10.2. The number of esters is 1. The standard InChI is InChI=1S/C23H30O7/c1-25-15-27-21-14-19(13-18-9-6-10-22(24)30-18)29-20(23(21)28-16-26-2)12-11-17-7-4-3-5-8-17/h3-8,10-12,18-21,23H,9,13-16H2,1-2H3/b12-11+/t18-,19-,20-,21-,23-/m1/s1. The molecular formula is C23H30O7. The molecule has 0 N–H and O–H groups in total. The van der Waals surface area contributed by atoms with Gasteiger partial charge in [-0.3, -0.25) is 0 Å². The summed E-state index contributed by atoms with van der Waals surface area (Å²) in [6.45, 7) is 0.284. The number of carbonyl (C=O) groups is 1. The summed E-state index contributed by atoms with van der Waals surface area (Å²) in [5.41, 5.74) is 1.06. The SMILES string of the molecule is COCO[C@@H]1[C@@H](/C=C/c2ccccc2)O[C@H](C[C@H]2CC=CC(=O)O2)C[C@H]1OCOC. The number of hydrogen-bond donors (Lipinski definition) is 0. The van der Waals surface area contributed by atoms with Crippen molar-refractivity contribution in [2.75, 3.05) is 27.8 Å². The van der Waals surface area contributed by atoms with Crippen LogP contribution in [0.1, 0.15) is 24.8 Å². The van der Waals surface area contributed by atoms with E-state index in [1.807, 2.05) is 48.6 Å². The normalized spacial score (nSPS) is 29.3. The molecule has 0 radical (unpaired) electrons. The third kappa shape index (κ3) is 6.75. The maximum absolute atomic E-state index is 11.6. The summed E-state index contributed by atoms with van der Waals surface area (Å²) in [6, 6.07) is 9.99. The Balaban J connectivity index is 1.75. The highest BCUT2D eigenvalue weighted by Gasteiger charge is 2.40. The molecule has 7 heteroatoms. The molecule has 0 spiro atoms. The molecule has 0 saturated carbocycles. The van der Waals surface area contributed by atoms with Crippen molar-refractivity contribution in [2.24, 2.45) is 0 Å². The van der Waals surface area contributed by atoms with Crippen LogP contribution in [0.15, 0.2) is 48.6 Å². The van der Waals surface area contributed by atoms with Gasteiger partial charge in [0, 0.05) is 39.6 Å². The molecule has 1 aromatic rings. The number of hydrogen-bond acceptors (Lipinski definition) is 7. The molecule has 1 aromatic carbocycles. The predicted octanol–water partition coefficient (Wildman–Crippen LogP) is 3.10. The van der Waals surface area contributed by atoms with Crippen LogP contribution in [-0.4, -0.2) is 64.3 Å². The van der Waals surface area contributed by atoms with Gasteiger partial charge in [-0.1, -0.05) is 48.6 Å². The molecule has 2 aliphatic heterocycles. The maximum atomic E-state index is 11.6. The minimum absolute atomic E-state index is 0.131. The Bertz CT molecular complexity index is 703. The van der Waals surface area contributed by atoms with E-state index in [-0.39, 0.29) is 50.1 Å². The van der Waals surface area contributed by atoms with Gasteiger partial charge in [-0.25, -0.2) is 4.79 Å². The van der Waals surface area contributed by atoms with Crippen LogP contribution in [0.25, 0.3) is 6.08 Å². The summed E-state index contributed by atoms with van der Waals surface area (Å²) in [5.74, 6) is -0.309. The lowest BCUT2D eigenvalue weighted by molar-refractivity contribution is -0.229. The lowest BCUT2D eigenvalue weighted by Gasteiger charge is -2.41. The van der Waals surface area contributed by atoms with Crippen molar-refractivity contribution in [3.8, 4) is 0 Å². The van der Waals surface area contributed by atoms with Crippen LogP contribution in [0.5, 0.6) is 0 Å². The summed E-state index contributed by atoms with van der Waals surface area (Å²) in [7, 11) is 3.17. The highest BCUT2D eigenvalue weighted by atomic mass is 16.7. The van der Waals surface area contributed by atoms with Gasteiger partial charge in [0.05, 0.1) is 12.2 Å². The monoisotopic (exact) mass is 418 g/mol. The Labute approximate surface area is 177 Å². The molecule has 0 unspecified atom stereocenters. The van der Waals surface area contributed by atoms with E-state index >= 15 is 0 Å². The minimum atomic E-state index is -0.356. The van der Waals surface area contributed by atoms with Crippen molar-refractivity contribution in [3.63, 3.8) is 0 Å². The fourth-order valence-electron chi connectivity index (χ4n) is 3.71. The molecular weight excluding hydrogens is 388 g/mol. The third-order valence-corrected chi connectivity index (χ3v) is 5.05. The molecule has 0 aromatic heterocycles. The van der Waals surface area contributed by atoms with E-state index in [1.54, 1.807) is 14.2 Å². The second-order valence-electron chi connectivity index (χ2n) is 7.31. The smallest absolute Gasteiger partial charge is 0.330 e. The van der Waals surface area contributed by atoms with Gasteiger partial charge in [0.25, 0.3) is 0 Å². The zero-order valence-electron chi connectivity index (χ0n) is 17.5. The first-order chi connectivity index (χ1) is 14.7. The Morgan fingerprint density at radius 3 is 2.57 bits per heavy atom. The highest BCUT2D eigenvalue weighted by Crippen LogP contribution is 2.30. The lowest BCUT2D eigenvalue weighted by Crippen LogP contribution is -2.51. The summed E-state index contributed by atoms with van der Waals surface area (Å²) in [5, 5.41) is 0. The zero-order valence-corrected chi connectivity index (χ0v) is 17.5. The van der Waals surface area contributed by atoms with Crippen LogP contribution >= 0.6 is 0 Å². The topological polar surface area (TPSA) is 72.5 Å². The molecule has 0 aliphatic carbocycles. The van der Waals surface area contributed by atoms with Crippen LogP contribution in [-0.2, 0) is 33.2 Å². The summed E-state index contributed by atoms with van der Waals surface area (Å²) < 4.78 is 33.9. The molecule has 30 heavy (non-hydrogen) atoms. The van der Waals surface area contributed by atoms with Gasteiger partial charge in [0.2, 0.25) is 0 Å². The average molecular weight is 418 g/mol. The number of rotatable bonds is 10. The van der Waals surface area contributed by atoms with Crippen LogP contribution in [0, 0.1) is 0 Å². The largest absolute Gasteiger partial charge is 0.459 e. The lowest BCUT2D eigenvalue weighted by atomic mass is 9.93. The van der Waals surface area contributed by atoms with Gasteiger partial charge in [-0.2, -0.15) is 0 Å². The third-order valence-electron chi connectivity index (χ3n) is 5.05. The maximum Gasteiger partial charge on any atom is 0.330 e. The highest BCUT2D eigenvalue weighted by molar-refractivity contribution is 5.82. The number of carbonyl (C=O) groups excluding carboxylic acids is 1. The second kappa shape index (κ2) is 12.0. The molecule has 0 bridgehead atoms. The predicted molar refractivity (Wildman–Crippen MR) is 111 cm³/mol. The summed E-state index contributed by atoms with van der Waals surface area (Å²) in [4.78, 5) is 11.6. The van der Waals surface area contributed by atoms with E-state index in [0.717, 1.165) is 5.56 Å². The van der Waals surface area contributed by atoms with Gasteiger partial charge in [-0.15, -0.1) is 0 Å². The van der Waals surface area contributed by atoms with Gasteiger partial charge in [-0.05, 0) is 5.56 Å². The van der Waals surface area contributed by atoms with Crippen molar-refractivity contribution in [1.29, 1.82) is 0 Å². The minimum Gasteiger partial charge on any atom is -0.459 e. The fourth-order valence-corrected chi connectivity index (χ4v) is 3.71. The molecule has 1 saturated heterocycles. The number of benzene rings is 1. The molecule has 2 aliphatic rings. The molecule has 164 valence electrons. The molecule has 5 atom stereocenters. The number of cyclic esters (lactones) is 1. The van der Waals surface area contributed by atoms with Gasteiger partial charge >= 0.3 is 5.97 Å². The quantitative estimate of drug-likeness (QED) is 0.427. The summed E-state index contributed by atoms with van der Waals surface area (Å²) >= 11 is 0. The average Bonchev–Trinajstić information content (AvgIpc) is 2.76.